The molecule has 2 fully saturated rings. The van der Waals surface area contributed by atoms with Gasteiger partial charge in [0, 0.05) is 13.2 Å². The molecule has 1 saturated heterocycles. The predicted molar refractivity (Wildman–Crippen MR) is 90.0 cm³/mol. The Morgan fingerprint density at radius 2 is 2.12 bits per heavy atom. The molecule has 1 unspecified atom stereocenters. The number of ether oxygens (including phenoxy) is 2. The highest BCUT2D eigenvalue weighted by atomic mass is 16.5. The van der Waals surface area contributed by atoms with E-state index in [-0.39, 0.29) is 17.9 Å². The van der Waals surface area contributed by atoms with Crippen LogP contribution >= 0.6 is 0 Å². The number of benzene rings is 1. The largest absolute Gasteiger partial charge is 0.495 e. The fourth-order valence-corrected chi connectivity index (χ4v) is 3.02. The van der Waals surface area contributed by atoms with Crippen LogP contribution in [0, 0.1) is 12.3 Å². The maximum absolute atomic E-state index is 12.7. The summed E-state index contributed by atoms with van der Waals surface area (Å²) < 4.78 is 10.8. The molecule has 6 heteroatoms. The maximum Gasteiger partial charge on any atom is 0.240 e. The van der Waals surface area contributed by atoms with E-state index < -0.39 is 5.41 Å². The molecule has 3 rings (SSSR count). The van der Waals surface area contributed by atoms with Crippen molar-refractivity contribution in [1.82, 2.24) is 5.32 Å². The number of anilines is 1. The number of aryl methyl sites for hydroxylation is 1. The Morgan fingerprint density at radius 3 is 2.75 bits per heavy atom. The molecule has 0 aromatic heterocycles. The first kappa shape index (κ1) is 16.8. The summed E-state index contributed by atoms with van der Waals surface area (Å²) in [7, 11) is 1.56. The Morgan fingerprint density at radius 1 is 1.33 bits per heavy atom. The number of hydrogen-bond acceptors (Lipinski definition) is 4. The Balaban J connectivity index is 1.63. The number of carbonyl (C=O) groups is 2. The molecule has 1 aliphatic heterocycles. The third-order valence-corrected chi connectivity index (χ3v) is 4.74. The predicted octanol–water partition coefficient (Wildman–Crippen LogP) is 2.02. The maximum atomic E-state index is 12.7. The fraction of sp³-hybridized carbons (Fsp3) is 0.556. The quantitative estimate of drug-likeness (QED) is 0.782. The Bertz CT molecular complexity index is 634. The van der Waals surface area contributed by atoms with Gasteiger partial charge in [0.05, 0.1) is 18.9 Å². The molecule has 1 aliphatic carbocycles. The standard InChI is InChI=1S/C18H24N2O4/c1-12-5-6-15(23-2)14(10-12)20-17(22)18(7-8-18)16(21)19-11-13-4-3-9-24-13/h5-6,10,13H,3-4,7-9,11H2,1-2H3,(H,19,21)(H,20,22). The third kappa shape index (κ3) is 3.38. The van der Waals surface area contributed by atoms with Gasteiger partial charge in [-0.2, -0.15) is 0 Å². The van der Waals surface area contributed by atoms with Gasteiger partial charge in [0.1, 0.15) is 11.2 Å². The summed E-state index contributed by atoms with van der Waals surface area (Å²) in [6.07, 6.45) is 3.21. The lowest BCUT2D eigenvalue weighted by atomic mass is 10.0. The van der Waals surface area contributed by atoms with Crippen LogP contribution in [0.25, 0.3) is 0 Å². The second-order valence-electron chi connectivity index (χ2n) is 6.59. The Labute approximate surface area is 141 Å². The summed E-state index contributed by atoms with van der Waals surface area (Å²) in [5, 5.41) is 5.74. The minimum Gasteiger partial charge on any atom is -0.495 e. The van der Waals surface area contributed by atoms with Crippen LogP contribution < -0.4 is 15.4 Å². The van der Waals surface area contributed by atoms with E-state index in [9.17, 15) is 9.59 Å². The highest BCUT2D eigenvalue weighted by molar-refractivity contribution is 6.13. The second kappa shape index (κ2) is 6.81. The van der Waals surface area contributed by atoms with Crippen molar-refractivity contribution in [1.29, 1.82) is 0 Å². The Kier molecular flexibility index (Phi) is 4.76. The number of amides is 2. The van der Waals surface area contributed by atoms with Crippen LogP contribution in [0.5, 0.6) is 5.75 Å². The summed E-state index contributed by atoms with van der Waals surface area (Å²) >= 11 is 0. The SMILES string of the molecule is COc1ccc(C)cc1NC(=O)C1(C(=O)NCC2CCCO2)CC1. The lowest BCUT2D eigenvalue weighted by molar-refractivity contribution is -0.134. The highest BCUT2D eigenvalue weighted by Gasteiger charge is 2.56. The van der Waals surface area contributed by atoms with E-state index in [0.29, 0.717) is 30.8 Å². The van der Waals surface area contributed by atoms with Gasteiger partial charge in [0.2, 0.25) is 11.8 Å². The first-order chi connectivity index (χ1) is 11.5. The molecule has 0 radical (unpaired) electrons. The lowest BCUT2D eigenvalue weighted by Crippen LogP contribution is -2.42. The van der Waals surface area contributed by atoms with Crippen LogP contribution in [0.4, 0.5) is 5.69 Å². The molecule has 6 nitrogen and oxygen atoms in total. The van der Waals surface area contributed by atoms with Gasteiger partial charge in [-0.3, -0.25) is 9.59 Å². The number of hydrogen-bond donors (Lipinski definition) is 2. The summed E-state index contributed by atoms with van der Waals surface area (Å²) in [6.45, 7) is 3.16. The van der Waals surface area contributed by atoms with Crippen molar-refractivity contribution in [3.63, 3.8) is 0 Å². The minimum atomic E-state index is -0.951. The van der Waals surface area contributed by atoms with Gasteiger partial charge in [-0.05, 0) is 50.3 Å². The molecule has 2 aliphatic rings. The van der Waals surface area contributed by atoms with Crippen molar-refractivity contribution in [2.45, 2.75) is 38.7 Å². The van der Waals surface area contributed by atoms with Gasteiger partial charge < -0.3 is 20.1 Å². The van der Waals surface area contributed by atoms with Crippen LogP contribution in [0.2, 0.25) is 0 Å². The fourth-order valence-electron chi connectivity index (χ4n) is 3.02. The lowest BCUT2D eigenvalue weighted by Gasteiger charge is -2.18. The molecule has 1 aromatic carbocycles. The minimum absolute atomic E-state index is 0.0738. The first-order valence-corrected chi connectivity index (χ1v) is 8.41. The van der Waals surface area contributed by atoms with Crippen LogP contribution in [0.15, 0.2) is 18.2 Å². The molecule has 2 amide bonds. The Hall–Kier alpha value is -2.08. The van der Waals surface area contributed by atoms with Crippen LogP contribution in [0.3, 0.4) is 0 Å². The highest BCUT2D eigenvalue weighted by Crippen LogP contribution is 2.47. The van der Waals surface area contributed by atoms with Gasteiger partial charge in [-0.1, -0.05) is 6.07 Å². The van der Waals surface area contributed by atoms with E-state index in [1.54, 1.807) is 7.11 Å². The van der Waals surface area contributed by atoms with Crippen molar-refractivity contribution >= 4 is 17.5 Å². The van der Waals surface area contributed by atoms with E-state index >= 15 is 0 Å². The zero-order valence-corrected chi connectivity index (χ0v) is 14.2. The molecule has 130 valence electrons. The number of nitrogens with one attached hydrogen (secondary N) is 2. The van der Waals surface area contributed by atoms with Crippen molar-refractivity contribution in [2.75, 3.05) is 25.6 Å². The van der Waals surface area contributed by atoms with E-state index in [4.69, 9.17) is 9.47 Å². The van der Waals surface area contributed by atoms with Gasteiger partial charge >= 0.3 is 0 Å². The molecular formula is C18H24N2O4. The molecule has 24 heavy (non-hydrogen) atoms. The molecule has 1 saturated carbocycles. The van der Waals surface area contributed by atoms with Crippen LogP contribution in [-0.4, -0.2) is 38.2 Å². The average Bonchev–Trinajstić information content (AvgIpc) is 3.22. The van der Waals surface area contributed by atoms with E-state index in [1.807, 2.05) is 25.1 Å². The van der Waals surface area contributed by atoms with Gasteiger partial charge in [0.25, 0.3) is 0 Å². The van der Waals surface area contributed by atoms with Crippen LogP contribution in [0.1, 0.15) is 31.2 Å². The van der Waals surface area contributed by atoms with Gasteiger partial charge in [-0.25, -0.2) is 0 Å². The molecular weight excluding hydrogens is 308 g/mol. The van der Waals surface area contributed by atoms with Crippen molar-refractivity contribution in [3.05, 3.63) is 23.8 Å². The summed E-state index contributed by atoms with van der Waals surface area (Å²) in [5.74, 6) is 0.114. The van der Waals surface area contributed by atoms with E-state index in [0.717, 1.165) is 25.0 Å². The van der Waals surface area contributed by atoms with Gasteiger partial charge in [0.15, 0.2) is 0 Å². The van der Waals surface area contributed by atoms with Crippen molar-refractivity contribution in [3.8, 4) is 5.75 Å². The zero-order chi connectivity index (χ0) is 17.2. The third-order valence-electron chi connectivity index (χ3n) is 4.74. The van der Waals surface area contributed by atoms with Crippen LogP contribution in [-0.2, 0) is 14.3 Å². The molecule has 0 spiro atoms. The summed E-state index contributed by atoms with van der Waals surface area (Å²) in [6, 6.07) is 5.56. The van der Waals surface area contributed by atoms with Gasteiger partial charge in [-0.15, -0.1) is 0 Å². The topological polar surface area (TPSA) is 76.7 Å². The first-order valence-electron chi connectivity index (χ1n) is 8.41. The summed E-state index contributed by atoms with van der Waals surface area (Å²) in [5.41, 5.74) is 0.660. The second-order valence-corrected chi connectivity index (χ2v) is 6.59. The van der Waals surface area contributed by atoms with E-state index in [2.05, 4.69) is 10.6 Å². The molecule has 1 atom stereocenters. The normalized spacial score (nSPS) is 21.2. The number of carbonyl (C=O) groups excluding carboxylic acids is 2. The van der Waals surface area contributed by atoms with E-state index in [1.165, 1.54) is 0 Å². The smallest absolute Gasteiger partial charge is 0.240 e. The number of rotatable bonds is 6. The molecule has 2 N–H and O–H groups in total. The monoisotopic (exact) mass is 332 g/mol. The zero-order valence-electron chi connectivity index (χ0n) is 14.2. The average molecular weight is 332 g/mol. The summed E-state index contributed by atoms with van der Waals surface area (Å²) in [4.78, 5) is 25.1. The van der Waals surface area contributed by atoms with Crippen molar-refractivity contribution in [2.24, 2.45) is 5.41 Å². The number of methoxy groups -OCH3 is 1. The molecule has 0 bridgehead atoms. The van der Waals surface area contributed by atoms with Crippen molar-refractivity contribution < 1.29 is 19.1 Å². The molecule has 1 aromatic rings. The molecule has 1 heterocycles.